The molecular weight excluding hydrogens is 244 g/mol. The Labute approximate surface area is 113 Å². The molecule has 19 heavy (non-hydrogen) atoms. The molecule has 0 atom stereocenters. The van der Waals surface area contributed by atoms with Crippen molar-refractivity contribution in [3.63, 3.8) is 0 Å². The van der Waals surface area contributed by atoms with Crippen LogP contribution < -0.4 is 15.0 Å². The van der Waals surface area contributed by atoms with Crippen molar-refractivity contribution in [2.75, 3.05) is 44.9 Å². The second-order valence-corrected chi connectivity index (χ2v) is 4.43. The SMILES string of the molecule is COCCCNC(=O)CN1CCOc2ccccc21. The topological polar surface area (TPSA) is 50.8 Å². The maximum atomic E-state index is 11.8. The zero-order valence-electron chi connectivity index (χ0n) is 11.2. The summed E-state index contributed by atoms with van der Waals surface area (Å²) in [5.41, 5.74) is 0.987. The number of nitrogens with zero attached hydrogens (tertiary/aromatic N) is 1. The van der Waals surface area contributed by atoms with Crippen LogP contribution in [0, 0.1) is 0 Å². The van der Waals surface area contributed by atoms with Crippen LogP contribution in [0.3, 0.4) is 0 Å². The minimum atomic E-state index is 0.0350. The Morgan fingerprint density at radius 2 is 2.32 bits per heavy atom. The summed E-state index contributed by atoms with van der Waals surface area (Å²) in [5, 5.41) is 2.89. The zero-order valence-corrected chi connectivity index (χ0v) is 11.2. The number of fused-ring (bicyclic) bond motifs is 1. The molecule has 0 fully saturated rings. The van der Waals surface area contributed by atoms with E-state index in [-0.39, 0.29) is 5.91 Å². The Morgan fingerprint density at radius 3 is 3.16 bits per heavy atom. The Balaban J connectivity index is 1.85. The second-order valence-electron chi connectivity index (χ2n) is 4.43. The van der Waals surface area contributed by atoms with E-state index >= 15 is 0 Å². The van der Waals surface area contributed by atoms with Crippen LogP contribution >= 0.6 is 0 Å². The second kappa shape index (κ2) is 6.99. The highest BCUT2D eigenvalue weighted by atomic mass is 16.5. The zero-order chi connectivity index (χ0) is 13.5. The molecule has 1 amide bonds. The number of methoxy groups -OCH3 is 1. The number of ether oxygens (including phenoxy) is 2. The Morgan fingerprint density at radius 1 is 1.47 bits per heavy atom. The number of nitrogens with one attached hydrogen (secondary N) is 1. The molecule has 1 heterocycles. The lowest BCUT2D eigenvalue weighted by molar-refractivity contribution is -0.119. The van der Waals surface area contributed by atoms with Gasteiger partial charge in [-0.25, -0.2) is 0 Å². The van der Waals surface area contributed by atoms with Crippen LogP contribution in [0.25, 0.3) is 0 Å². The van der Waals surface area contributed by atoms with E-state index < -0.39 is 0 Å². The van der Waals surface area contributed by atoms with Gasteiger partial charge in [0.2, 0.25) is 5.91 Å². The monoisotopic (exact) mass is 264 g/mol. The quantitative estimate of drug-likeness (QED) is 0.780. The number of carbonyl (C=O) groups excluding carboxylic acids is 1. The van der Waals surface area contributed by atoms with E-state index in [2.05, 4.69) is 5.32 Å². The van der Waals surface area contributed by atoms with E-state index in [9.17, 15) is 4.79 Å². The molecule has 1 aliphatic rings. The number of anilines is 1. The van der Waals surface area contributed by atoms with Crippen LogP contribution in [-0.4, -0.2) is 45.9 Å². The van der Waals surface area contributed by atoms with Gasteiger partial charge in [-0.2, -0.15) is 0 Å². The third-order valence-electron chi connectivity index (χ3n) is 3.01. The molecule has 0 aromatic heterocycles. The number of rotatable bonds is 6. The number of amides is 1. The van der Waals surface area contributed by atoms with Crippen molar-refractivity contribution in [1.29, 1.82) is 0 Å². The highest BCUT2D eigenvalue weighted by Crippen LogP contribution is 2.30. The fraction of sp³-hybridized carbons (Fsp3) is 0.500. The number of hydrogen-bond acceptors (Lipinski definition) is 4. The molecule has 0 saturated heterocycles. The van der Waals surface area contributed by atoms with Gasteiger partial charge in [0, 0.05) is 20.3 Å². The fourth-order valence-corrected chi connectivity index (χ4v) is 2.06. The van der Waals surface area contributed by atoms with E-state index in [0.29, 0.717) is 26.3 Å². The lowest BCUT2D eigenvalue weighted by Gasteiger charge is -2.30. The molecule has 0 radical (unpaired) electrons. The summed E-state index contributed by atoms with van der Waals surface area (Å²) in [6.45, 7) is 3.04. The minimum Gasteiger partial charge on any atom is -0.490 e. The molecule has 1 aliphatic heterocycles. The minimum absolute atomic E-state index is 0.0350. The van der Waals surface area contributed by atoms with Gasteiger partial charge in [0.25, 0.3) is 0 Å². The Hall–Kier alpha value is -1.75. The van der Waals surface area contributed by atoms with Crippen molar-refractivity contribution in [3.8, 4) is 5.75 Å². The first-order valence-electron chi connectivity index (χ1n) is 6.53. The van der Waals surface area contributed by atoms with Gasteiger partial charge < -0.3 is 19.7 Å². The highest BCUT2D eigenvalue weighted by Gasteiger charge is 2.19. The standard InChI is InChI=1S/C14H20N2O3/c1-18-9-4-7-15-14(17)11-16-8-10-19-13-6-3-2-5-12(13)16/h2-3,5-6H,4,7-11H2,1H3,(H,15,17). The first-order chi connectivity index (χ1) is 9.31. The maximum absolute atomic E-state index is 11.8. The van der Waals surface area contributed by atoms with Gasteiger partial charge in [-0.1, -0.05) is 12.1 Å². The molecule has 0 bridgehead atoms. The van der Waals surface area contributed by atoms with Gasteiger partial charge in [-0.05, 0) is 18.6 Å². The van der Waals surface area contributed by atoms with E-state index in [1.165, 1.54) is 0 Å². The number of carbonyl (C=O) groups is 1. The van der Waals surface area contributed by atoms with Crippen LogP contribution in [0.4, 0.5) is 5.69 Å². The number of benzene rings is 1. The van der Waals surface area contributed by atoms with Crippen LogP contribution in [0.1, 0.15) is 6.42 Å². The molecule has 1 aromatic rings. The first kappa shape index (κ1) is 13.7. The summed E-state index contributed by atoms with van der Waals surface area (Å²) >= 11 is 0. The van der Waals surface area contributed by atoms with E-state index in [1.54, 1.807) is 7.11 Å². The molecule has 2 rings (SSSR count). The van der Waals surface area contributed by atoms with Crippen molar-refractivity contribution in [3.05, 3.63) is 24.3 Å². The molecule has 0 aliphatic carbocycles. The van der Waals surface area contributed by atoms with Gasteiger partial charge in [0.05, 0.1) is 18.8 Å². The van der Waals surface area contributed by atoms with Gasteiger partial charge in [-0.15, -0.1) is 0 Å². The van der Waals surface area contributed by atoms with Gasteiger partial charge in [0.1, 0.15) is 12.4 Å². The van der Waals surface area contributed by atoms with Crippen LogP contribution in [0.5, 0.6) is 5.75 Å². The van der Waals surface area contributed by atoms with Crippen LogP contribution in [0.15, 0.2) is 24.3 Å². The van der Waals surface area contributed by atoms with E-state index in [4.69, 9.17) is 9.47 Å². The summed E-state index contributed by atoms with van der Waals surface area (Å²) in [6.07, 6.45) is 0.835. The molecule has 5 heteroatoms. The molecular formula is C14H20N2O3. The molecule has 5 nitrogen and oxygen atoms in total. The van der Waals surface area contributed by atoms with Crippen LogP contribution in [0.2, 0.25) is 0 Å². The molecule has 1 aromatic carbocycles. The van der Waals surface area contributed by atoms with Crippen LogP contribution in [-0.2, 0) is 9.53 Å². The van der Waals surface area contributed by atoms with Gasteiger partial charge >= 0.3 is 0 Å². The van der Waals surface area contributed by atoms with Crippen molar-refractivity contribution in [2.24, 2.45) is 0 Å². The Kier molecular flexibility index (Phi) is 5.03. The molecule has 0 saturated carbocycles. The average Bonchev–Trinajstić information content (AvgIpc) is 2.44. The van der Waals surface area contributed by atoms with Crippen molar-refractivity contribution in [2.45, 2.75) is 6.42 Å². The highest BCUT2D eigenvalue weighted by molar-refractivity contribution is 5.82. The lowest BCUT2D eigenvalue weighted by Crippen LogP contribution is -2.41. The maximum Gasteiger partial charge on any atom is 0.239 e. The Bertz CT molecular complexity index is 423. The molecule has 0 unspecified atom stereocenters. The van der Waals surface area contributed by atoms with Gasteiger partial charge in [-0.3, -0.25) is 4.79 Å². The summed E-state index contributed by atoms with van der Waals surface area (Å²) in [4.78, 5) is 13.9. The number of para-hydroxylation sites is 2. The van der Waals surface area contributed by atoms with E-state index in [0.717, 1.165) is 24.4 Å². The fourth-order valence-electron chi connectivity index (χ4n) is 2.06. The van der Waals surface area contributed by atoms with Crippen molar-refractivity contribution < 1.29 is 14.3 Å². The molecule has 1 N–H and O–H groups in total. The lowest BCUT2D eigenvalue weighted by atomic mass is 10.2. The number of hydrogen-bond donors (Lipinski definition) is 1. The van der Waals surface area contributed by atoms with Crippen molar-refractivity contribution in [1.82, 2.24) is 5.32 Å². The predicted molar refractivity (Wildman–Crippen MR) is 73.7 cm³/mol. The normalized spacial score (nSPS) is 13.6. The summed E-state index contributed by atoms with van der Waals surface area (Å²) in [7, 11) is 1.66. The van der Waals surface area contributed by atoms with Crippen molar-refractivity contribution >= 4 is 11.6 Å². The molecule has 0 spiro atoms. The largest absolute Gasteiger partial charge is 0.490 e. The molecule has 104 valence electrons. The van der Waals surface area contributed by atoms with Gasteiger partial charge in [0.15, 0.2) is 0 Å². The average molecular weight is 264 g/mol. The smallest absolute Gasteiger partial charge is 0.239 e. The third kappa shape index (κ3) is 3.86. The summed E-state index contributed by atoms with van der Waals surface area (Å²) in [6, 6.07) is 7.80. The third-order valence-corrected chi connectivity index (χ3v) is 3.01. The first-order valence-corrected chi connectivity index (χ1v) is 6.53. The van der Waals surface area contributed by atoms with E-state index in [1.807, 2.05) is 29.2 Å². The summed E-state index contributed by atoms with van der Waals surface area (Å²) in [5.74, 6) is 0.883. The predicted octanol–water partition coefficient (Wildman–Crippen LogP) is 1.04. The summed E-state index contributed by atoms with van der Waals surface area (Å²) < 4.78 is 10.5.